The van der Waals surface area contributed by atoms with Crippen LogP contribution in [-0.2, 0) is 5.41 Å². The molecule has 0 amide bonds. The highest BCUT2D eigenvalue weighted by Gasteiger charge is 2.50. The second-order valence-corrected chi connectivity index (χ2v) is 15.2. The van der Waals surface area contributed by atoms with Crippen molar-refractivity contribution in [1.82, 2.24) is 4.57 Å². The van der Waals surface area contributed by atoms with Gasteiger partial charge in [-0.05, 0) is 94.9 Å². The molecule has 2 aromatic heterocycles. The predicted molar refractivity (Wildman–Crippen MR) is 247 cm³/mol. The van der Waals surface area contributed by atoms with E-state index >= 15 is 0 Å². The Balaban J connectivity index is 1.31. The molecule has 0 saturated heterocycles. The Morgan fingerprint density at radius 3 is 2.00 bits per heavy atom. The number of hydrogen-bond donors (Lipinski definition) is 0. The summed E-state index contributed by atoms with van der Waals surface area (Å²) in [6.45, 7) is 6.36. The molecular formula is C56H40N2O. The zero-order valence-electron chi connectivity index (χ0n) is 32.7. The van der Waals surface area contributed by atoms with Crippen molar-refractivity contribution in [2.75, 3.05) is 4.90 Å². The van der Waals surface area contributed by atoms with Gasteiger partial charge in [-0.1, -0.05) is 164 Å². The Kier molecular flexibility index (Phi) is 8.09. The summed E-state index contributed by atoms with van der Waals surface area (Å²) in [6, 6.07) is 70.0. The van der Waals surface area contributed by atoms with Crippen molar-refractivity contribution in [3.63, 3.8) is 0 Å². The van der Waals surface area contributed by atoms with E-state index in [4.69, 9.17) is 4.42 Å². The molecule has 0 bridgehead atoms. The molecule has 280 valence electrons. The van der Waals surface area contributed by atoms with Crippen molar-refractivity contribution in [1.29, 1.82) is 0 Å². The van der Waals surface area contributed by atoms with Gasteiger partial charge < -0.3 is 13.9 Å². The minimum absolute atomic E-state index is 0.718. The largest absolute Gasteiger partial charge is 0.454 e. The van der Waals surface area contributed by atoms with Crippen LogP contribution in [-0.4, -0.2) is 4.57 Å². The fourth-order valence-electron chi connectivity index (χ4n) is 9.89. The number of benzene rings is 8. The summed E-state index contributed by atoms with van der Waals surface area (Å²) in [4.78, 5) is 2.43. The molecule has 0 N–H and O–H groups in total. The van der Waals surface area contributed by atoms with Gasteiger partial charge in [0.1, 0.15) is 5.58 Å². The van der Waals surface area contributed by atoms with Crippen LogP contribution in [0.2, 0.25) is 0 Å². The number of anilines is 3. The summed E-state index contributed by atoms with van der Waals surface area (Å²) in [7, 11) is 0. The van der Waals surface area contributed by atoms with Gasteiger partial charge in [0.15, 0.2) is 5.58 Å². The standard InChI is InChI=1S/C56H40N2O/c1-3-20-42-43-27-14-17-30-49(43)56(48(42)4-2,38-21-8-5-9-22-38)50-35-34-46-45-29-16-19-32-53(45)59-55(46)54(50)57(39-23-10-6-11-24-39)41-33-36-52-47(37-41)44-28-15-18-31-51(44)58(52)40-25-12-7-13-26-40/h3-37H,1H2,2H3/b42-20-,48-4+. The van der Waals surface area contributed by atoms with Crippen LogP contribution >= 0.6 is 0 Å². The molecule has 3 nitrogen and oxygen atoms in total. The van der Waals surface area contributed by atoms with Crippen molar-refractivity contribution in [2.45, 2.75) is 12.3 Å². The Morgan fingerprint density at radius 2 is 1.22 bits per heavy atom. The highest BCUT2D eigenvalue weighted by atomic mass is 16.3. The van der Waals surface area contributed by atoms with E-state index in [9.17, 15) is 0 Å². The second-order valence-electron chi connectivity index (χ2n) is 15.2. The lowest BCUT2D eigenvalue weighted by molar-refractivity contribution is 0.666. The van der Waals surface area contributed by atoms with E-state index in [0.29, 0.717) is 0 Å². The molecule has 0 radical (unpaired) electrons. The zero-order chi connectivity index (χ0) is 39.5. The molecular weight excluding hydrogens is 717 g/mol. The van der Waals surface area contributed by atoms with Crippen molar-refractivity contribution in [3.05, 3.63) is 247 Å². The van der Waals surface area contributed by atoms with Crippen LogP contribution in [0.15, 0.2) is 229 Å². The zero-order valence-corrected chi connectivity index (χ0v) is 32.7. The summed E-state index contributed by atoms with van der Waals surface area (Å²) < 4.78 is 9.52. The first-order chi connectivity index (χ1) is 29.2. The van der Waals surface area contributed by atoms with E-state index in [1.807, 2.05) is 6.08 Å². The molecule has 3 heteroatoms. The van der Waals surface area contributed by atoms with Crippen LogP contribution in [0.1, 0.15) is 29.2 Å². The number of para-hydroxylation sites is 4. The molecule has 1 aliphatic carbocycles. The number of hydrogen-bond acceptors (Lipinski definition) is 2. The van der Waals surface area contributed by atoms with E-state index in [1.54, 1.807) is 0 Å². The van der Waals surface area contributed by atoms with E-state index in [1.165, 1.54) is 44.1 Å². The summed E-state index contributed by atoms with van der Waals surface area (Å²) in [5, 5.41) is 4.53. The first-order valence-electron chi connectivity index (χ1n) is 20.3. The van der Waals surface area contributed by atoms with Crippen LogP contribution in [0, 0.1) is 0 Å². The molecule has 1 aliphatic rings. The number of fused-ring (bicyclic) bond motifs is 7. The molecule has 59 heavy (non-hydrogen) atoms. The Hall–Kier alpha value is -7.62. The average molecular weight is 757 g/mol. The molecule has 1 atom stereocenters. The van der Waals surface area contributed by atoms with Crippen molar-refractivity contribution >= 4 is 66.4 Å². The van der Waals surface area contributed by atoms with Gasteiger partial charge in [-0.3, -0.25) is 0 Å². The van der Waals surface area contributed by atoms with Gasteiger partial charge >= 0.3 is 0 Å². The third kappa shape index (κ3) is 5.08. The highest BCUT2D eigenvalue weighted by molar-refractivity contribution is 6.14. The minimum Gasteiger partial charge on any atom is -0.454 e. The number of nitrogens with zero attached hydrogens (tertiary/aromatic N) is 2. The number of aromatic nitrogens is 1. The summed E-state index contributed by atoms with van der Waals surface area (Å²) >= 11 is 0. The van der Waals surface area contributed by atoms with Crippen LogP contribution in [0.3, 0.4) is 0 Å². The topological polar surface area (TPSA) is 21.3 Å². The maximum atomic E-state index is 7.14. The molecule has 0 spiro atoms. The van der Waals surface area contributed by atoms with Gasteiger partial charge in [0.2, 0.25) is 0 Å². The van der Waals surface area contributed by atoms with Gasteiger partial charge in [0.05, 0.1) is 22.1 Å². The number of rotatable bonds is 7. The normalized spacial score (nSPS) is 16.4. The van der Waals surface area contributed by atoms with Crippen LogP contribution < -0.4 is 4.90 Å². The lowest BCUT2D eigenvalue weighted by Gasteiger charge is -2.38. The molecule has 0 fully saturated rings. The lowest BCUT2D eigenvalue weighted by Crippen LogP contribution is -2.31. The predicted octanol–water partition coefficient (Wildman–Crippen LogP) is 15.0. The van der Waals surface area contributed by atoms with Crippen molar-refractivity contribution < 1.29 is 4.42 Å². The monoisotopic (exact) mass is 756 g/mol. The third-order valence-corrected chi connectivity index (χ3v) is 12.2. The maximum absolute atomic E-state index is 7.14. The summed E-state index contributed by atoms with van der Waals surface area (Å²) in [6.07, 6.45) is 6.38. The molecule has 10 aromatic rings. The summed E-state index contributed by atoms with van der Waals surface area (Å²) in [5.41, 5.74) is 14.6. The molecule has 0 aliphatic heterocycles. The van der Waals surface area contributed by atoms with Gasteiger partial charge in [-0.25, -0.2) is 0 Å². The molecule has 11 rings (SSSR count). The van der Waals surface area contributed by atoms with Crippen LogP contribution in [0.4, 0.5) is 17.1 Å². The van der Waals surface area contributed by atoms with Crippen molar-refractivity contribution in [2.24, 2.45) is 0 Å². The second kappa shape index (κ2) is 13.8. The van der Waals surface area contributed by atoms with Gasteiger partial charge in [-0.2, -0.15) is 0 Å². The Morgan fingerprint density at radius 1 is 0.559 bits per heavy atom. The van der Waals surface area contributed by atoms with Crippen LogP contribution in [0.5, 0.6) is 0 Å². The molecule has 2 heterocycles. The fourth-order valence-corrected chi connectivity index (χ4v) is 9.89. The first kappa shape index (κ1) is 34.6. The molecule has 8 aromatic carbocycles. The summed E-state index contributed by atoms with van der Waals surface area (Å²) in [5.74, 6) is 0. The minimum atomic E-state index is -0.718. The van der Waals surface area contributed by atoms with E-state index < -0.39 is 5.41 Å². The quantitative estimate of drug-likeness (QED) is 0.161. The van der Waals surface area contributed by atoms with E-state index in [-0.39, 0.29) is 0 Å². The smallest absolute Gasteiger partial charge is 0.159 e. The fraction of sp³-hybridized carbons (Fsp3) is 0.0357. The Bertz CT molecular complexity index is 3300. The van der Waals surface area contributed by atoms with E-state index in [2.05, 4.69) is 229 Å². The molecule has 1 unspecified atom stereocenters. The van der Waals surface area contributed by atoms with Gasteiger partial charge in [0, 0.05) is 38.6 Å². The highest BCUT2D eigenvalue weighted by Crippen LogP contribution is 2.61. The lowest BCUT2D eigenvalue weighted by atomic mass is 9.66. The number of furan rings is 1. The average Bonchev–Trinajstić information content (AvgIpc) is 3.94. The van der Waals surface area contributed by atoms with Crippen molar-refractivity contribution in [3.8, 4) is 5.69 Å². The maximum Gasteiger partial charge on any atom is 0.159 e. The third-order valence-electron chi connectivity index (χ3n) is 12.2. The van der Waals surface area contributed by atoms with Gasteiger partial charge in [0.25, 0.3) is 0 Å². The Labute approximate surface area is 343 Å². The SMILES string of the molecule is C=C/C=C1\C(=C/C)C(c2ccccc2)(c2ccc3c(oc4ccccc43)c2N(c2ccccc2)c2ccc3c(c2)c2ccccc2n3-c2ccccc2)c2ccccc21. The number of allylic oxidation sites excluding steroid dienone is 5. The van der Waals surface area contributed by atoms with Gasteiger partial charge in [-0.15, -0.1) is 0 Å². The molecule has 0 saturated carbocycles. The van der Waals surface area contributed by atoms with Crippen LogP contribution in [0.25, 0.3) is 55.0 Å². The first-order valence-corrected chi connectivity index (χ1v) is 20.3. The van der Waals surface area contributed by atoms with E-state index in [0.717, 1.165) is 55.8 Å².